The lowest BCUT2D eigenvalue weighted by Gasteiger charge is -2.16. The molecule has 0 atom stereocenters. The van der Waals surface area contributed by atoms with Gasteiger partial charge in [-0.2, -0.15) is 0 Å². The third kappa shape index (κ3) is 3.72. The van der Waals surface area contributed by atoms with Crippen molar-refractivity contribution >= 4 is 50.8 Å². The van der Waals surface area contributed by atoms with Crippen LogP contribution in [0.1, 0.15) is 43.7 Å². The average Bonchev–Trinajstić information content (AvgIpc) is 3.54. The lowest BCUT2D eigenvalue weighted by molar-refractivity contribution is -0.113. The Bertz CT molecular complexity index is 1320. The lowest BCUT2D eigenvalue weighted by Crippen LogP contribution is -2.26. The van der Waals surface area contributed by atoms with Crippen LogP contribution >= 0.6 is 23.1 Å². The first kappa shape index (κ1) is 20.1. The highest BCUT2D eigenvalue weighted by atomic mass is 32.2. The number of carbonyl (C=O) groups excluding carboxylic acids is 1. The number of aromatic nitrogens is 6. The smallest absolute Gasteiger partial charge is 0.263 e. The van der Waals surface area contributed by atoms with Gasteiger partial charge in [0.15, 0.2) is 5.16 Å². The van der Waals surface area contributed by atoms with Gasteiger partial charge in [0, 0.05) is 6.04 Å². The van der Waals surface area contributed by atoms with Crippen LogP contribution in [0.4, 0.5) is 5.13 Å². The Labute approximate surface area is 185 Å². The van der Waals surface area contributed by atoms with Crippen LogP contribution < -0.4 is 10.9 Å². The standard InChI is InChI=1S/C20H21N7O2S2/c1-2-16-22-23-18(31-16)21-15(28)11-30-20-25-24-19-26(12-7-3-4-8-12)17(29)13-9-5-6-10-14(13)27(19)20/h5-6,9-10,12H,2-4,7-8,11H2,1H3,(H,21,23,28). The molecule has 11 heteroatoms. The number of carbonyl (C=O) groups is 1. The number of amides is 1. The summed E-state index contributed by atoms with van der Waals surface area (Å²) in [5, 5.41) is 22.1. The number of rotatable bonds is 6. The molecule has 1 fully saturated rings. The fraction of sp³-hybridized carbons (Fsp3) is 0.400. The van der Waals surface area contributed by atoms with Crippen molar-refractivity contribution in [1.29, 1.82) is 0 Å². The van der Waals surface area contributed by atoms with Crippen molar-refractivity contribution in [3.63, 3.8) is 0 Å². The van der Waals surface area contributed by atoms with Crippen LogP contribution in [0.15, 0.2) is 34.2 Å². The largest absolute Gasteiger partial charge is 0.300 e. The summed E-state index contributed by atoms with van der Waals surface area (Å²) in [6, 6.07) is 7.62. The monoisotopic (exact) mass is 455 g/mol. The third-order valence-electron chi connectivity index (χ3n) is 5.46. The zero-order valence-corrected chi connectivity index (χ0v) is 18.6. The van der Waals surface area contributed by atoms with Crippen LogP contribution in [0.2, 0.25) is 0 Å². The van der Waals surface area contributed by atoms with Crippen LogP contribution in [-0.4, -0.2) is 41.0 Å². The molecular formula is C20H21N7O2S2. The first-order valence-electron chi connectivity index (χ1n) is 10.3. The van der Waals surface area contributed by atoms with Gasteiger partial charge in [-0.3, -0.25) is 23.9 Å². The fourth-order valence-corrected chi connectivity index (χ4v) is 5.45. The van der Waals surface area contributed by atoms with Crippen molar-refractivity contribution in [2.24, 2.45) is 0 Å². The molecule has 1 aromatic carbocycles. The van der Waals surface area contributed by atoms with Gasteiger partial charge in [0.05, 0.1) is 16.7 Å². The molecule has 3 aromatic heterocycles. The first-order chi connectivity index (χ1) is 15.2. The minimum absolute atomic E-state index is 0.0281. The van der Waals surface area contributed by atoms with Gasteiger partial charge in [0.25, 0.3) is 5.56 Å². The van der Waals surface area contributed by atoms with Crippen molar-refractivity contribution in [2.75, 3.05) is 11.1 Å². The maximum absolute atomic E-state index is 13.2. The molecule has 1 amide bonds. The van der Waals surface area contributed by atoms with E-state index in [0.717, 1.165) is 42.6 Å². The van der Waals surface area contributed by atoms with Crippen LogP contribution in [0.25, 0.3) is 16.7 Å². The van der Waals surface area contributed by atoms with Crippen molar-refractivity contribution in [1.82, 2.24) is 29.4 Å². The van der Waals surface area contributed by atoms with E-state index in [1.807, 2.05) is 35.6 Å². The summed E-state index contributed by atoms with van der Waals surface area (Å²) in [6.45, 7) is 1.99. The molecule has 1 aliphatic carbocycles. The van der Waals surface area contributed by atoms with Crippen molar-refractivity contribution < 1.29 is 4.79 Å². The van der Waals surface area contributed by atoms with Gasteiger partial charge >= 0.3 is 0 Å². The van der Waals surface area contributed by atoms with E-state index in [1.165, 1.54) is 23.1 Å². The van der Waals surface area contributed by atoms with Crippen LogP contribution in [0, 0.1) is 0 Å². The highest BCUT2D eigenvalue weighted by molar-refractivity contribution is 7.99. The van der Waals surface area contributed by atoms with Crippen LogP contribution in [0.3, 0.4) is 0 Å². The Kier molecular flexibility index (Phi) is 5.45. The number of nitrogens with zero attached hydrogens (tertiary/aromatic N) is 6. The first-order valence-corrected chi connectivity index (χ1v) is 12.1. The van der Waals surface area contributed by atoms with Gasteiger partial charge in [-0.05, 0) is 31.4 Å². The van der Waals surface area contributed by atoms with Crippen LogP contribution in [-0.2, 0) is 11.2 Å². The molecule has 9 nitrogen and oxygen atoms in total. The predicted molar refractivity (Wildman–Crippen MR) is 121 cm³/mol. The number of nitrogens with one attached hydrogen (secondary N) is 1. The number of fused-ring (bicyclic) bond motifs is 3. The topological polar surface area (TPSA) is 107 Å². The highest BCUT2D eigenvalue weighted by Gasteiger charge is 2.24. The van der Waals surface area contributed by atoms with Crippen molar-refractivity contribution in [2.45, 2.75) is 50.2 Å². The zero-order valence-electron chi connectivity index (χ0n) is 16.9. The molecule has 0 unspecified atom stereocenters. The molecule has 0 radical (unpaired) electrons. The molecule has 0 spiro atoms. The van der Waals surface area contributed by atoms with E-state index in [0.29, 0.717) is 21.5 Å². The number of para-hydroxylation sites is 1. The molecule has 1 aliphatic rings. The molecule has 4 aromatic rings. The van der Waals surface area contributed by atoms with E-state index in [-0.39, 0.29) is 23.3 Å². The Morgan fingerprint density at radius 3 is 2.77 bits per heavy atom. The summed E-state index contributed by atoms with van der Waals surface area (Å²) < 4.78 is 3.69. The van der Waals surface area contributed by atoms with E-state index in [9.17, 15) is 9.59 Å². The van der Waals surface area contributed by atoms with Gasteiger partial charge in [-0.25, -0.2) is 0 Å². The van der Waals surface area contributed by atoms with Gasteiger partial charge in [0.1, 0.15) is 5.01 Å². The SMILES string of the molecule is CCc1nnc(NC(=O)CSc2nnc3n(C4CCCC4)c(=O)c4ccccc4n23)s1. The lowest BCUT2D eigenvalue weighted by atomic mass is 10.2. The number of hydrogen-bond acceptors (Lipinski definition) is 8. The Morgan fingerprint density at radius 1 is 1.19 bits per heavy atom. The van der Waals surface area contributed by atoms with E-state index in [1.54, 1.807) is 4.57 Å². The summed E-state index contributed by atoms with van der Waals surface area (Å²) in [6.07, 6.45) is 4.93. The van der Waals surface area contributed by atoms with Crippen molar-refractivity contribution in [3.8, 4) is 0 Å². The summed E-state index contributed by atoms with van der Waals surface area (Å²) in [5.41, 5.74) is 0.723. The molecule has 0 aliphatic heterocycles. The molecule has 5 rings (SSSR count). The molecule has 1 saturated carbocycles. The highest BCUT2D eigenvalue weighted by Crippen LogP contribution is 2.31. The molecule has 0 bridgehead atoms. The number of benzene rings is 1. The van der Waals surface area contributed by atoms with Crippen molar-refractivity contribution in [3.05, 3.63) is 39.6 Å². The summed E-state index contributed by atoms with van der Waals surface area (Å²) >= 11 is 2.66. The second-order valence-corrected chi connectivity index (χ2v) is 9.44. The van der Waals surface area contributed by atoms with E-state index in [4.69, 9.17) is 0 Å². The molecule has 160 valence electrons. The van der Waals surface area contributed by atoms with E-state index >= 15 is 0 Å². The summed E-state index contributed by atoms with van der Waals surface area (Å²) in [4.78, 5) is 25.7. The molecular weight excluding hydrogens is 434 g/mol. The predicted octanol–water partition coefficient (Wildman–Crippen LogP) is 3.30. The number of aryl methyl sites for hydroxylation is 1. The molecule has 3 heterocycles. The maximum atomic E-state index is 13.2. The number of thioether (sulfide) groups is 1. The zero-order chi connectivity index (χ0) is 21.4. The normalized spacial score (nSPS) is 14.6. The third-order valence-corrected chi connectivity index (χ3v) is 7.38. The number of hydrogen-bond donors (Lipinski definition) is 1. The van der Waals surface area contributed by atoms with Gasteiger partial charge in [-0.1, -0.05) is 55.0 Å². The maximum Gasteiger partial charge on any atom is 0.263 e. The number of anilines is 1. The van der Waals surface area contributed by atoms with E-state index < -0.39 is 0 Å². The van der Waals surface area contributed by atoms with Gasteiger partial charge in [0.2, 0.25) is 16.8 Å². The fourth-order valence-electron chi connectivity index (χ4n) is 4.02. The molecule has 1 N–H and O–H groups in total. The van der Waals surface area contributed by atoms with E-state index in [2.05, 4.69) is 25.7 Å². The molecule has 31 heavy (non-hydrogen) atoms. The summed E-state index contributed by atoms with van der Waals surface area (Å²) in [5.74, 6) is 0.503. The summed E-state index contributed by atoms with van der Waals surface area (Å²) in [7, 11) is 0. The van der Waals surface area contributed by atoms with Crippen LogP contribution in [0.5, 0.6) is 0 Å². The quantitative estimate of drug-likeness (QED) is 0.445. The average molecular weight is 456 g/mol. The van der Waals surface area contributed by atoms with Gasteiger partial charge in [-0.15, -0.1) is 20.4 Å². The second kappa shape index (κ2) is 8.39. The molecule has 0 saturated heterocycles. The minimum atomic E-state index is -0.186. The Morgan fingerprint density at radius 2 is 2.00 bits per heavy atom. The second-order valence-electron chi connectivity index (χ2n) is 7.44. The Balaban J connectivity index is 1.48. The minimum Gasteiger partial charge on any atom is -0.300 e. The van der Waals surface area contributed by atoms with Gasteiger partial charge < -0.3 is 0 Å². The Hall–Kier alpha value is -2.79.